The minimum atomic E-state index is -4.86. The summed E-state index contributed by atoms with van der Waals surface area (Å²) in [6, 6.07) is 6.48. The van der Waals surface area contributed by atoms with Crippen molar-refractivity contribution in [3.63, 3.8) is 0 Å². The number of carbonyl (C=O) groups excluding carboxylic acids is 1. The summed E-state index contributed by atoms with van der Waals surface area (Å²) < 4.78 is 59.5. The van der Waals surface area contributed by atoms with Gasteiger partial charge in [0.25, 0.3) is 5.56 Å². The molecule has 0 bridgehead atoms. The van der Waals surface area contributed by atoms with Gasteiger partial charge in [-0.2, -0.15) is 18.3 Å². The van der Waals surface area contributed by atoms with Crippen LogP contribution >= 0.6 is 0 Å². The molecule has 4 rings (SSSR count). The molecule has 214 valence electrons. The van der Waals surface area contributed by atoms with Gasteiger partial charge in [-0.25, -0.2) is 4.68 Å². The zero-order chi connectivity index (χ0) is 28.0. The van der Waals surface area contributed by atoms with Gasteiger partial charge in [-0.15, -0.1) is 0 Å². The van der Waals surface area contributed by atoms with Crippen LogP contribution in [0.1, 0.15) is 43.7 Å². The number of carbonyl (C=O) groups is 1. The van der Waals surface area contributed by atoms with Crippen LogP contribution in [0.25, 0.3) is 0 Å². The number of ether oxygens (including phenoxy) is 3. The van der Waals surface area contributed by atoms with Gasteiger partial charge in [-0.05, 0) is 56.8 Å². The van der Waals surface area contributed by atoms with Gasteiger partial charge in [0, 0.05) is 12.6 Å². The molecule has 0 spiro atoms. The highest BCUT2D eigenvalue weighted by Gasteiger charge is 2.41. The summed E-state index contributed by atoms with van der Waals surface area (Å²) in [5.74, 6) is -0.271. The minimum absolute atomic E-state index is 0.0924. The molecule has 2 saturated heterocycles. The van der Waals surface area contributed by atoms with Crippen LogP contribution in [-0.4, -0.2) is 67.9 Å². The number of hydrogen-bond acceptors (Lipinski definition) is 8. The number of halogens is 3. The molecule has 0 saturated carbocycles. The molecule has 3 unspecified atom stereocenters. The average molecular weight is 553 g/mol. The monoisotopic (exact) mass is 552 g/mol. The molecule has 12 heteroatoms. The lowest BCUT2D eigenvalue weighted by atomic mass is 10.1. The van der Waals surface area contributed by atoms with Gasteiger partial charge in [0.15, 0.2) is 0 Å². The summed E-state index contributed by atoms with van der Waals surface area (Å²) in [7, 11) is 1.51. The zero-order valence-electron chi connectivity index (χ0n) is 22.2. The minimum Gasteiger partial charge on any atom is -0.497 e. The van der Waals surface area contributed by atoms with Crippen molar-refractivity contribution in [2.24, 2.45) is 5.92 Å². The van der Waals surface area contributed by atoms with E-state index >= 15 is 0 Å². The van der Waals surface area contributed by atoms with Crippen molar-refractivity contribution in [3.8, 4) is 5.75 Å². The van der Waals surface area contributed by atoms with Crippen LogP contribution in [0.5, 0.6) is 5.75 Å². The number of esters is 1. The van der Waals surface area contributed by atoms with E-state index in [1.165, 1.54) is 7.11 Å². The van der Waals surface area contributed by atoms with E-state index in [9.17, 15) is 22.8 Å². The number of rotatable bonds is 11. The lowest BCUT2D eigenvalue weighted by molar-refractivity contribution is -0.150. The second kappa shape index (κ2) is 12.8. The first kappa shape index (κ1) is 28.9. The Morgan fingerprint density at radius 3 is 2.62 bits per heavy atom. The fourth-order valence-corrected chi connectivity index (χ4v) is 4.98. The van der Waals surface area contributed by atoms with Gasteiger partial charge >= 0.3 is 12.1 Å². The summed E-state index contributed by atoms with van der Waals surface area (Å²) in [5, 5.41) is 7.34. The Morgan fingerprint density at radius 1 is 1.18 bits per heavy atom. The van der Waals surface area contributed by atoms with E-state index in [4.69, 9.17) is 14.2 Å². The zero-order valence-corrected chi connectivity index (χ0v) is 22.2. The van der Waals surface area contributed by atoms with Crippen molar-refractivity contribution in [1.29, 1.82) is 0 Å². The third-order valence-corrected chi connectivity index (χ3v) is 7.15. The van der Waals surface area contributed by atoms with E-state index in [0.29, 0.717) is 37.3 Å². The van der Waals surface area contributed by atoms with E-state index in [1.54, 1.807) is 36.1 Å². The van der Waals surface area contributed by atoms with Crippen molar-refractivity contribution in [3.05, 3.63) is 51.9 Å². The van der Waals surface area contributed by atoms with E-state index in [1.807, 2.05) is 0 Å². The first-order chi connectivity index (χ1) is 18.7. The van der Waals surface area contributed by atoms with Gasteiger partial charge in [-0.1, -0.05) is 12.1 Å². The number of nitrogens with one attached hydrogen (secondary N) is 1. The van der Waals surface area contributed by atoms with Crippen molar-refractivity contribution >= 4 is 11.7 Å². The Morgan fingerprint density at radius 2 is 1.95 bits per heavy atom. The van der Waals surface area contributed by atoms with E-state index in [2.05, 4.69) is 10.4 Å². The number of anilines is 1. The summed E-state index contributed by atoms with van der Waals surface area (Å²) in [6.45, 7) is 3.38. The normalized spacial score (nSPS) is 20.3. The summed E-state index contributed by atoms with van der Waals surface area (Å²) in [4.78, 5) is 26.8. The third-order valence-electron chi connectivity index (χ3n) is 7.15. The highest BCUT2D eigenvalue weighted by Crippen LogP contribution is 2.36. The quantitative estimate of drug-likeness (QED) is 0.425. The van der Waals surface area contributed by atoms with Gasteiger partial charge < -0.3 is 24.4 Å². The standard InChI is InChI=1S/C27H35F3N4O5/c1-18(26(36)39-16-20-5-3-11-31-20)15-38-17-21-6-4-12-33(21)23-13-32-34(25(35)24(23)27(28,29)30)14-19-7-9-22(37-2)10-8-19/h7-10,13,18,20-21,31H,3-6,11-12,14-17H2,1-2H3. The summed E-state index contributed by atoms with van der Waals surface area (Å²) >= 11 is 0. The van der Waals surface area contributed by atoms with Gasteiger partial charge in [0.05, 0.1) is 50.7 Å². The smallest absolute Gasteiger partial charge is 0.423 e. The molecule has 2 aliphatic heterocycles. The molecule has 3 atom stereocenters. The number of nitrogens with zero attached hydrogens (tertiary/aromatic N) is 3. The largest absolute Gasteiger partial charge is 0.497 e. The summed E-state index contributed by atoms with van der Waals surface area (Å²) in [6.07, 6.45) is -0.482. The number of methoxy groups -OCH3 is 1. The predicted octanol–water partition coefficient (Wildman–Crippen LogP) is 3.24. The number of benzene rings is 1. The molecular weight excluding hydrogens is 517 g/mol. The molecule has 3 heterocycles. The first-order valence-corrected chi connectivity index (χ1v) is 13.2. The van der Waals surface area contributed by atoms with Crippen LogP contribution in [0.4, 0.5) is 18.9 Å². The van der Waals surface area contributed by atoms with Crippen molar-refractivity contribution in [1.82, 2.24) is 15.1 Å². The molecule has 1 aromatic heterocycles. The topological polar surface area (TPSA) is 94.9 Å². The Bertz CT molecular complexity index is 1170. The molecule has 2 aromatic rings. The Hall–Kier alpha value is -3.12. The Kier molecular flexibility index (Phi) is 9.49. The van der Waals surface area contributed by atoms with Crippen LogP contribution < -0.4 is 20.5 Å². The molecule has 0 aliphatic carbocycles. The highest BCUT2D eigenvalue weighted by atomic mass is 19.4. The fourth-order valence-electron chi connectivity index (χ4n) is 4.98. The van der Waals surface area contributed by atoms with Gasteiger partial charge in [0.2, 0.25) is 0 Å². The average Bonchev–Trinajstić information content (AvgIpc) is 3.60. The Labute approximate surface area is 225 Å². The van der Waals surface area contributed by atoms with Gasteiger partial charge in [-0.3, -0.25) is 9.59 Å². The van der Waals surface area contributed by atoms with Gasteiger partial charge in [0.1, 0.15) is 17.9 Å². The van der Waals surface area contributed by atoms with Crippen LogP contribution in [0, 0.1) is 5.92 Å². The maximum Gasteiger partial charge on any atom is 0.423 e. The van der Waals surface area contributed by atoms with Crippen LogP contribution in [0.3, 0.4) is 0 Å². The molecular formula is C27H35F3N4O5. The molecule has 1 N–H and O–H groups in total. The number of alkyl halides is 3. The highest BCUT2D eigenvalue weighted by molar-refractivity contribution is 5.72. The second-order valence-corrected chi connectivity index (χ2v) is 10.1. The molecule has 0 amide bonds. The molecule has 2 aliphatic rings. The number of hydrogen-bond donors (Lipinski definition) is 1. The maximum atomic E-state index is 14.2. The molecule has 1 aromatic carbocycles. The fraction of sp³-hybridized carbons (Fsp3) is 0.593. The van der Waals surface area contributed by atoms with Crippen LogP contribution in [-0.2, 0) is 27.0 Å². The molecule has 0 radical (unpaired) electrons. The van der Waals surface area contributed by atoms with E-state index in [-0.39, 0.29) is 43.5 Å². The first-order valence-electron chi connectivity index (χ1n) is 13.2. The van der Waals surface area contributed by atoms with E-state index in [0.717, 1.165) is 30.3 Å². The summed E-state index contributed by atoms with van der Waals surface area (Å²) in [5.41, 5.74) is -2.07. The predicted molar refractivity (Wildman–Crippen MR) is 138 cm³/mol. The molecule has 2 fully saturated rings. The lowest BCUT2D eigenvalue weighted by Crippen LogP contribution is -2.39. The maximum absolute atomic E-state index is 14.2. The van der Waals surface area contributed by atoms with E-state index < -0.39 is 23.2 Å². The SMILES string of the molecule is COc1ccc(Cn2ncc(N3CCCC3COCC(C)C(=O)OCC3CCCN3)c(C(F)(F)F)c2=O)cc1. The Balaban J connectivity index is 1.41. The van der Waals surface area contributed by atoms with Crippen molar-refractivity contribution < 1.29 is 32.2 Å². The van der Waals surface area contributed by atoms with Crippen molar-refractivity contribution in [2.75, 3.05) is 44.9 Å². The molecule has 39 heavy (non-hydrogen) atoms. The third kappa shape index (κ3) is 7.30. The molecule has 9 nitrogen and oxygen atoms in total. The lowest BCUT2D eigenvalue weighted by Gasteiger charge is -2.29. The van der Waals surface area contributed by atoms with Crippen LogP contribution in [0.2, 0.25) is 0 Å². The number of aromatic nitrogens is 2. The van der Waals surface area contributed by atoms with Crippen molar-refractivity contribution in [2.45, 2.75) is 57.4 Å². The second-order valence-electron chi connectivity index (χ2n) is 10.1. The van der Waals surface area contributed by atoms with Crippen LogP contribution in [0.15, 0.2) is 35.3 Å².